The molecule has 1 amide bonds. The predicted octanol–water partition coefficient (Wildman–Crippen LogP) is 3.01. The van der Waals surface area contributed by atoms with Crippen LogP contribution in [0.2, 0.25) is 0 Å². The molecule has 4 heteroatoms. The first kappa shape index (κ1) is 14.9. The molecule has 0 aromatic heterocycles. The maximum atomic E-state index is 12.0. The summed E-state index contributed by atoms with van der Waals surface area (Å²) in [5, 5.41) is 0. The first-order valence-electron chi connectivity index (χ1n) is 7.50. The molecule has 1 aliphatic heterocycles. The average Bonchev–Trinajstić information content (AvgIpc) is 2.47. The molecule has 1 heterocycles. The van der Waals surface area contributed by atoms with E-state index in [1.807, 2.05) is 23.1 Å². The van der Waals surface area contributed by atoms with Crippen LogP contribution >= 0.6 is 0 Å². The summed E-state index contributed by atoms with van der Waals surface area (Å²) >= 11 is 0. The number of unbranched alkanes of at least 4 members (excludes halogenated alkanes) is 1. The number of hydrogen-bond acceptors (Lipinski definition) is 3. The van der Waals surface area contributed by atoms with Gasteiger partial charge in [-0.3, -0.25) is 4.79 Å². The second-order valence-corrected chi connectivity index (χ2v) is 5.31. The number of amides is 1. The average molecular weight is 276 g/mol. The first-order chi connectivity index (χ1) is 9.67. The van der Waals surface area contributed by atoms with Crippen molar-refractivity contribution in [3.05, 3.63) is 23.8 Å². The lowest BCUT2D eigenvalue weighted by atomic mass is 10.0. The highest BCUT2D eigenvalue weighted by atomic mass is 16.5. The summed E-state index contributed by atoms with van der Waals surface area (Å²) in [7, 11) is 0. The van der Waals surface area contributed by atoms with Crippen LogP contribution in [0.5, 0.6) is 5.75 Å². The minimum atomic E-state index is 0.0265. The van der Waals surface area contributed by atoms with Crippen molar-refractivity contribution in [2.45, 2.75) is 45.6 Å². The van der Waals surface area contributed by atoms with Crippen LogP contribution in [0.3, 0.4) is 0 Å². The minimum absolute atomic E-state index is 0.0265. The summed E-state index contributed by atoms with van der Waals surface area (Å²) in [5.74, 6) is 0.808. The van der Waals surface area contributed by atoms with Crippen LogP contribution in [0.4, 0.5) is 5.69 Å². The fourth-order valence-electron chi connectivity index (χ4n) is 2.51. The lowest BCUT2D eigenvalue weighted by Crippen LogP contribution is -2.39. The van der Waals surface area contributed by atoms with Gasteiger partial charge in [-0.05, 0) is 30.5 Å². The molecule has 1 aliphatic rings. The van der Waals surface area contributed by atoms with Gasteiger partial charge in [0.25, 0.3) is 5.91 Å². The molecule has 1 aromatic carbocycles. The highest BCUT2D eigenvalue weighted by molar-refractivity contribution is 5.97. The Bertz CT molecular complexity index is 474. The number of nitrogens with zero attached hydrogens (tertiary/aromatic N) is 1. The monoisotopic (exact) mass is 276 g/mol. The van der Waals surface area contributed by atoms with E-state index in [0.29, 0.717) is 0 Å². The van der Waals surface area contributed by atoms with Crippen molar-refractivity contribution < 1.29 is 9.53 Å². The summed E-state index contributed by atoms with van der Waals surface area (Å²) in [6.07, 6.45) is 4.16. The zero-order valence-electron chi connectivity index (χ0n) is 12.4. The zero-order chi connectivity index (χ0) is 14.5. The van der Waals surface area contributed by atoms with E-state index in [4.69, 9.17) is 10.5 Å². The third-order valence-electron chi connectivity index (χ3n) is 3.67. The summed E-state index contributed by atoms with van der Waals surface area (Å²) in [4.78, 5) is 13.8. The number of ether oxygens (including phenoxy) is 1. The Morgan fingerprint density at radius 2 is 2.15 bits per heavy atom. The van der Waals surface area contributed by atoms with Gasteiger partial charge in [-0.1, -0.05) is 32.8 Å². The highest BCUT2D eigenvalue weighted by Crippen LogP contribution is 2.34. The molecule has 0 saturated heterocycles. The smallest absolute Gasteiger partial charge is 0.265 e. The van der Waals surface area contributed by atoms with Gasteiger partial charge in [0.2, 0.25) is 0 Å². The first-order valence-corrected chi connectivity index (χ1v) is 7.50. The fourth-order valence-corrected chi connectivity index (χ4v) is 2.51. The quantitative estimate of drug-likeness (QED) is 0.869. The Hall–Kier alpha value is -1.55. The number of fused-ring (bicyclic) bond motifs is 1. The molecule has 0 bridgehead atoms. The van der Waals surface area contributed by atoms with Gasteiger partial charge in [-0.15, -0.1) is 0 Å². The summed E-state index contributed by atoms with van der Waals surface area (Å²) < 4.78 is 5.50. The Morgan fingerprint density at radius 1 is 1.35 bits per heavy atom. The van der Waals surface area contributed by atoms with Crippen molar-refractivity contribution in [1.29, 1.82) is 0 Å². The number of benzene rings is 1. The maximum Gasteiger partial charge on any atom is 0.265 e. The standard InChI is InChI=1S/C16H24N2O2/c1-3-5-6-13(17)12-7-8-15-14(10-12)18(9-4-2)16(19)11-20-15/h7-8,10,13H,3-6,9,11,17H2,1-2H3. The number of nitrogens with two attached hydrogens (primary N) is 1. The van der Waals surface area contributed by atoms with E-state index in [1.54, 1.807) is 0 Å². The summed E-state index contributed by atoms with van der Waals surface area (Å²) in [5.41, 5.74) is 8.17. The van der Waals surface area contributed by atoms with Crippen molar-refractivity contribution in [3.8, 4) is 5.75 Å². The molecular formula is C16H24N2O2. The Kier molecular flexibility index (Phi) is 5.01. The third kappa shape index (κ3) is 3.12. The van der Waals surface area contributed by atoms with E-state index in [0.717, 1.165) is 49.2 Å². The number of carbonyl (C=O) groups excluding carboxylic acids is 1. The molecule has 20 heavy (non-hydrogen) atoms. The summed E-state index contributed by atoms with van der Waals surface area (Å²) in [6, 6.07) is 5.99. The number of rotatable bonds is 6. The van der Waals surface area contributed by atoms with E-state index in [1.165, 1.54) is 0 Å². The molecule has 1 aromatic rings. The predicted molar refractivity (Wildman–Crippen MR) is 81.0 cm³/mol. The molecule has 4 nitrogen and oxygen atoms in total. The Balaban J connectivity index is 2.25. The second-order valence-electron chi connectivity index (χ2n) is 5.31. The molecule has 0 spiro atoms. The van der Waals surface area contributed by atoms with E-state index in [9.17, 15) is 4.79 Å². The van der Waals surface area contributed by atoms with Gasteiger partial charge in [0.1, 0.15) is 5.75 Å². The molecule has 2 N–H and O–H groups in total. The molecule has 1 unspecified atom stereocenters. The summed E-state index contributed by atoms with van der Waals surface area (Å²) in [6.45, 7) is 5.09. The SMILES string of the molecule is CCCCC(N)c1ccc2c(c1)N(CCC)C(=O)CO2. The van der Waals surface area contributed by atoms with Crippen molar-refractivity contribution in [2.24, 2.45) is 5.73 Å². The van der Waals surface area contributed by atoms with Gasteiger partial charge in [0, 0.05) is 12.6 Å². The van der Waals surface area contributed by atoms with Crippen molar-refractivity contribution in [1.82, 2.24) is 0 Å². The lowest BCUT2D eigenvalue weighted by molar-refractivity contribution is -0.121. The van der Waals surface area contributed by atoms with Gasteiger partial charge in [-0.25, -0.2) is 0 Å². The molecule has 0 radical (unpaired) electrons. The molecule has 1 atom stereocenters. The van der Waals surface area contributed by atoms with Gasteiger partial charge in [0.05, 0.1) is 5.69 Å². The van der Waals surface area contributed by atoms with Crippen molar-refractivity contribution in [3.63, 3.8) is 0 Å². The topological polar surface area (TPSA) is 55.6 Å². The van der Waals surface area contributed by atoms with Gasteiger partial charge < -0.3 is 15.4 Å². The normalized spacial score (nSPS) is 15.8. The molecule has 2 rings (SSSR count). The van der Waals surface area contributed by atoms with Gasteiger partial charge >= 0.3 is 0 Å². The van der Waals surface area contributed by atoms with Gasteiger partial charge in [-0.2, -0.15) is 0 Å². The maximum absolute atomic E-state index is 12.0. The van der Waals surface area contributed by atoms with E-state index < -0.39 is 0 Å². The van der Waals surface area contributed by atoms with Crippen LogP contribution in [0.25, 0.3) is 0 Å². The van der Waals surface area contributed by atoms with Crippen LogP contribution in [0, 0.1) is 0 Å². The minimum Gasteiger partial charge on any atom is -0.482 e. The van der Waals surface area contributed by atoms with Crippen LogP contribution in [0.1, 0.15) is 51.1 Å². The fraction of sp³-hybridized carbons (Fsp3) is 0.562. The highest BCUT2D eigenvalue weighted by Gasteiger charge is 2.25. The van der Waals surface area contributed by atoms with Crippen LogP contribution in [-0.4, -0.2) is 19.1 Å². The van der Waals surface area contributed by atoms with Crippen LogP contribution in [0.15, 0.2) is 18.2 Å². The molecular weight excluding hydrogens is 252 g/mol. The van der Waals surface area contributed by atoms with E-state index in [-0.39, 0.29) is 18.6 Å². The Labute approximate surface area is 120 Å². The van der Waals surface area contributed by atoms with Crippen LogP contribution in [-0.2, 0) is 4.79 Å². The zero-order valence-corrected chi connectivity index (χ0v) is 12.4. The van der Waals surface area contributed by atoms with Crippen molar-refractivity contribution in [2.75, 3.05) is 18.1 Å². The van der Waals surface area contributed by atoms with E-state index in [2.05, 4.69) is 13.8 Å². The third-order valence-corrected chi connectivity index (χ3v) is 3.67. The molecule has 0 saturated carbocycles. The van der Waals surface area contributed by atoms with Crippen LogP contribution < -0.4 is 15.4 Å². The lowest BCUT2D eigenvalue weighted by Gasteiger charge is -2.30. The Morgan fingerprint density at radius 3 is 2.85 bits per heavy atom. The molecule has 0 fully saturated rings. The second kappa shape index (κ2) is 6.75. The number of hydrogen-bond donors (Lipinski definition) is 1. The van der Waals surface area contributed by atoms with E-state index >= 15 is 0 Å². The molecule has 110 valence electrons. The largest absolute Gasteiger partial charge is 0.482 e. The number of anilines is 1. The number of carbonyl (C=O) groups is 1. The molecule has 0 aliphatic carbocycles. The van der Waals surface area contributed by atoms with Gasteiger partial charge in [0.15, 0.2) is 6.61 Å². The van der Waals surface area contributed by atoms with Crippen molar-refractivity contribution >= 4 is 11.6 Å².